The van der Waals surface area contributed by atoms with Crippen LogP contribution in [0.1, 0.15) is 28.8 Å². The van der Waals surface area contributed by atoms with E-state index in [2.05, 4.69) is 16.0 Å². The van der Waals surface area contributed by atoms with Gasteiger partial charge in [-0.3, -0.25) is 14.9 Å². The summed E-state index contributed by atoms with van der Waals surface area (Å²) in [6.45, 7) is 1.68. The monoisotopic (exact) mass is 381 g/mol. The molecule has 0 aromatic heterocycles. The SMILES string of the molecule is Cc1ccc(-c2ccccc2C(=O)NC[C@@]2(C3CC3)NC(=O)NC2=O)cc1F. The molecular formula is C21H20FN3O3. The lowest BCUT2D eigenvalue weighted by Crippen LogP contribution is -2.57. The Morgan fingerprint density at radius 2 is 1.96 bits per heavy atom. The molecule has 6 nitrogen and oxygen atoms in total. The summed E-state index contributed by atoms with van der Waals surface area (Å²) in [6.07, 6.45) is 1.64. The third-order valence-electron chi connectivity index (χ3n) is 5.43. The Morgan fingerprint density at radius 1 is 1.21 bits per heavy atom. The van der Waals surface area contributed by atoms with Crippen LogP contribution >= 0.6 is 0 Å². The van der Waals surface area contributed by atoms with Gasteiger partial charge in [0.25, 0.3) is 11.8 Å². The zero-order valence-electron chi connectivity index (χ0n) is 15.3. The van der Waals surface area contributed by atoms with E-state index in [0.29, 0.717) is 22.3 Å². The minimum Gasteiger partial charge on any atom is -0.349 e. The number of aryl methyl sites for hydroxylation is 1. The van der Waals surface area contributed by atoms with Crippen molar-refractivity contribution in [3.8, 4) is 11.1 Å². The van der Waals surface area contributed by atoms with Crippen molar-refractivity contribution in [1.29, 1.82) is 0 Å². The molecule has 2 aliphatic rings. The number of rotatable bonds is 5. The van der Waals surface area contributed by atoms with Gasteiger partial charge in [0.05, 0.1) is 6.54 Å². The molecule has 1 heterocycles. The quantitative estimate of drug-likeness (QED) is 0.696. The third kappa shape index (κ3) is 3.13. The van der Waals surface area contributed by atoms with Crippen LogP contribution in [0.5, 0.6) is 0 Å². The average Bonchev–Trinajstić information content (AvgIpc) is 3.48. The molecule has 4 rings (SSSR count). The van der Waals surface area contributed by atoms with Gasteiger partial charge in [0.1, 0.15) is 11.4 Å². The second-order valence-electron chi connectivity index (χ2n) is 7.35. The highest BCUT2D eigenvalue weighted by Gasteiger charge is 2.56. The molecule has 0 unspecified atom stereocenters. The summed E-state index contributed by atoms with van der Waals surface area (Å²) in [6, 6.07) is 11.2. The fourth-order valence-corrected chi connectivity index (χ4v) is 3.65. The van der Waals surface area contributed by atoms with Gasteiger partial charge in [0, 0.05) is 5.56 Å². The van der Waals surface area contributed by atoms with Gasteiger partial charge >= 0.3 is 6.03 Å². The Bertz CT molecular complexity index is 987. The topological polar surface area (TPSA) is 87.3 Å². The number of halogens is 1. The molecule has 144 valence electrons. The molecular weight excluding hydrogens is 361 g/mol. The normalized spacial score (nSPS) is 21.2. The van der Waals surface area contributed by atoms with Crippen LogP contribution in [0, 0.1) is 18.7 Å². The highest BCUT2D eigenvalue weighted by molar-refractivity contribution is 6.08. The van der Waals surface area contributed by atoms with Crippen LogP contribution < -0.4 is 16.0 Å². The van der Waals surface area contributed by atoms with Crippen molar-refractivity contribution >= 4 is 17.8 Å². The van der Waals surface area contributed by atoms with E-state index in [4.69, 9.17) is 0 Å². The molecule has 0 radical (unpaired) electrons. The molecule has 1 saturated carbocycles. The fourth-order valence-electron chi connectivity index (χ4n) is 3.65. The molecule has 1 aliphatic carbocycles. The molecule has 0 spiro atoms. The predicted octanol–water partition coefficient (Wildman–Crippen LogP) is 2.52. The van der Waals surface area contributed by atoms with Gasteiger partial charge in [-0.05, 0) is 54.5 Å². The minimum absolute atomic E-state index is 0.00463. The molecule has 7 heteroatoms. The molecule has 28 heavy (non-hydrogen) atoms. The van der Waals surface area contributed by atoms with Gasteiger partial charge in [-0.25, -0.2) is 9.18 Å². The zero-order chi connectivity index (χ0) is 19.9. The van der Waals surface area contributed by atoms with E-state index in [-0.39, 0.29) is 24.2 Å². The molecule has 3 N–H and O–H groups in total. The number of amides is 4. The number of hydrogen-bond donors (Lipinski definition) is 3. The Kier molecular flexibility index (Phi) is 4.37. The van der Waals surface area contributed by atoms with Gasteiger partial charge in [-0.15, -0.1) is 0 Å². The Labute approximate surface area is 161 Å². The van der Waals surface area contributed by atoms with Crippen LogP contribution in [-0.2, 0) is 4.79 Å². The van der Waals surface area contributed by atoms with Crippen molar-refractivity contribution in [2.24, 2.45) is 5.92 Å². The van der Waals surface area contributed by atoms with Crippen molar-refractivity contribution in [2.75, 3.05) is 6.54 Å². The lowest BCUT2D eigenvalue weighted by molar-refractivity contribution is -0.124. The first-order chi connectivity index (χ1) is 13.4. The van der Waals surface area contributed by atoms with E-state index in [1.807, 2.05) is 0 Å². The molecule has 1 atom stereocenters. The number of hydrogen-bond acceptors (Lipinski definition) is 3. The average molecular weight is 381 g/mol. The molecule has 2 aromatic rings. The number of urea groups is 1. The maximum Gasteiger partial charge on any atom is 0.322 e. The third-order valence-corrected chi connectivity index (χ3v) is 5.43. The number of carbonyl (C=O) groups is 3. The Balaban J connectivity index is 1.58. The van der Waals surface area contributed by atoms with E-state index >= 15 is 0 Å². The zero-order valence-corrected chi connectivity index (χ0v) is 15.3. The van der Waals surface area contributed by atoms with Crippen LogP contribution in [0.4, 0.5) is 9.18 Å². The summed E-state index contributed by atoms with van der Waals surface area (Å²) in [7, 11) is 0. The van der Waals surface area contributed by atoms with Gasteiger partial charge in [0.15, 0.2) is 0 Å². The first-order valence-corrected chi connectivity index (χ1v) is 9.18. The molecule has 1 saturated heterocycles. The Morgan fingerprint density at radius 3 is 2.61 bits per heavy atom. The van der Waals surface area contributed by atoms with Crippen LogP contribution in [0.2, 0.25) is 0 Å². The number of nitrogens with one attached hydrogen (secondary N) is 3. The van der Waals surface area contributed by atoms with Crippen LogP contribution in [0.25, 0.3) is 11.1 Å². The van der Waals surface area contributed by atoms with Crippen molar-refractivity contribution in [3.63, 3.8) is 0 Å². The Hall–Kier alpha value is -3.22. The maximum atomic E-state index is 14.0. The minimum atomic E-state index is -1.10. The first kappa shape index (κ1) is 18.2. The smallest absolute Gasteiger partial charge is 0.322 e. The molecule has 2 aromatic carbocycles. The summed E-state index contributed by atoms with van der Waals surface area (Å²) in [5.74, 6) is -1.12. The molecule has 0 bridgehead atoms. The molecule has 2 fully saturated rings. The van der Waals surface area contributed by atoms with Crippen LogP contribution in [0.15, 0.2) is 42.5 Å². The first-order valence-electron chi connectivity index (χ1n) is 9.18. The van der Waals surface area contributed by atoms with E-state index in [1.165, 1.54) is 6.07 Å². The van der Waals surface area contributed by atoms with E-state index in [0.717, 1.165) is 12.8 Å². The van der Waals surface area contributed by atoms with Crippen molar-refractivity contribution in [1.82, 2.24) is 16.0 Å². The van der Waals surface area contributed by atoms with Crippen molar-refractivity contribution in [3.05, 3.63) is 59.4 Å². The molecule has 1 aliphatic heterocycles. The second kappa shape index (κ2) is 6.74. The van der Waals surface area contributed by atoms with Gasteiger partial charge in [0.2, 0.25) is 0 Å². The largest absolute Gasteiger partial charge is 0.349 e. The van der Waals surface area contributed by atoms with Crippen LogP contribution in [0.3, 0.4) is 0 Å². The number of benzene rings is 2. The lowest BCUT2D eigenvalue weighted by Gasteiger charge is -2.26. The summed E-state index contributed by atoms with van der Waals surface area (Å²) >= 11 is 0. The second-order valence-corrected chi connectivity index (χ2v) is 7.35. The highest BCUT2D eigenvalue weighted by Crippen LogP contribution is 2.41. The lowest BCUT2D eigenvalue weighted by atomic mass is 9.92. The maximum absolute atomic E-state index is 14.0. The predicted molar refractivity (Wildman–Crippen MR) is 101 cm³/mol. The van der Waals surface area contributed by atoms with Gasteiger partial charge in [-0.1, -0.05) is 30.3 Å². The van der Waals surface area contributed by atoms with E-state index in [9.17, 15) is 18.8 Å². The molecule has 4 amide bonds. The number of carbonyl (C=O) groups excluding carboxylic acids is 3. The van der Waals surface area contributed by atoms with Crippen molar-refractivity contribution < 1.29 is 18.8 Å². The fraction of sp³-hybridized carbons (Fsp3) is 0.286. The standard InChI is InChI=1S/C21H20FN3O3/c1-12-6-7-13(10-17(12)22)15-4-2-3-5-16(15)18(26)23-11-21(14-8-9-14)19(27)24-20(28)25-21/h2-7,10,14H,8-9,11H2,1H3,(H,23,26)(H2,24,25,27,28)/t21-/m0/s1. The highest BCUT2D eigenvalue weighted by atomic mass is 19.1. The summed E-state index contributed by atoms with van der Waals surface area (Å²) < 4.78 is 14.0. The van der Waals surface area contributed by atoms with Gasteiger partial charge < -0.3 is 10.6 Å². The van der Waals surface area contributed by atoms with E-state index < -0.39 is 17.5 Å². The van der Waals surface area contributed by atoms with Gasteiger partial charge in [-0.2, -0.15) is 0 Å². The van der Waals surface area contributed by atoms with E-state index in [1.54, 1.807) is 43.3 Å². The van der Waals surface area contributed by atoms with Crippen LogP contribution in [-0.4, -0.2) is 29.9 Å². The summed E-state index contributed by atoms with van der Waals surface area (Å²) in [5, 5.41) is 7.72. The number of imide groups is 1. The summed E-state index contributed by atoms with van der Waals surface area (Å²) in [5.41, 5.74) is 0.996. The summed E-state index contributed by atoms with van der Waals surface area (Å²) in [4.78, 5) is 36.8. The van der Waals surface area contributed by atoms with Crippen molar-refractivity contribution in [2.45, 2.75) is 25.3 Å².